The van der Waals surface area contributed by atoms with E-state index in [1.165, 1.54) is 13.8 Å². The molecule has 1 saturated carbocycles. The van der Waals surface area contributed by atoms with Gasteiger partial charge in [-0.1, -0.05) is 13.8 Å². The number of rotatable bonds is 4. The maximum Gasteiger partial charge on any atom is 0.328 e. The van der Waals surface area contributed by atoms with Crippen LogP contribution in [0, 0.1) is 11.3 Å². The van der Waals surface area contributed by atoms with Gasteiger partial charge in [0.15, 0.2) is 0 Å². The average Bonchev–Trinajstić information content (AvgIpc) is 2.69. The van der Waals surface area contributed by atoms with Crippen LogP contribution in [-0.4, -0.2) is 29.2 Å². The molecule has 1 fully saturated rings. The fraction of sp³-hybridized carbons (Fsp3) is 0.818. The van der Waals surface area contributed by atoms with Crippen molar-refractivity contribution in [2.24, 2.45) is 11.3 Å². The van der Waals surface area contributed by atoms with Crippen molar-refractivity contribution >= 4 is 12.0 Å². The number of carbonyl (C=O) groups excluding carboxylic acids is 1. The van der Waals surface area contributed by atoms with E-state index in [9.17, 15) is 9.59 Å². The summed E-state index contributed by atoms with van der Waals surface area (Å²) in [7, 11) is 0. The summed E-state index contributed by atoms with van der Waals surface area (Å²) in [4.78, 5) is 22.2. The van der Waals surface area contributed by atoms with Crippen LogP contribution in [0.25, 0.3) is 0 Å². The zero-order valence-electron chi connectivity index (χ0n) is 10.3. The van der Waals surface area contributed by atoms with Gasteiger partial charge in [-0.05, 0) is 31.6 Å². The molecular formula is C11H20N2O3. The Kier molecular flexibility index (Phi) is 3.17. The summed E-state index contributed by atoms with van der Waals surface area (Å²) in [6.07, 6.45) is 1.11. The highest BCUT2D eigenvalue weighted by Gasteiger charge is 2.45. The van der Waals surface area contributed by atoms with Gasteiger partial charge in [-0.25, -0.2) is 9.59 Å². The van der Waals surface area contributed by atoms with E-state index in [0.29, 0.717) is 17.9 Å². The van der Waals surface area contributed by atoms with Crippen molar-refractivity contribution < 1.29 is 14.7 Å². The maximum atomic E-state index is 11.4. The van der Waals surface area contributed by atoms with E-state index in [4.69, 9.17) is 5.11 Å². The van der Waals surface area contributed by atoms with Crippen molar-refractivity contribution in [1.82, 2.24) is 10.6 Å². The minimum Gasteiger partial charge on any atom is -0.480 e. The number of carbonyl (C=O) groups is 2. The van der Waals surface area contributed by atoms with Crippen LogP contribution in [-0.2, 0) is 4.79 Å². The summed E-state index contributed by atoms with van der Waals surface area (Å²) in [5, 5.41) is 13.9. The van der Waals surface area contributed by atoms with Gasteiger partial charge in [0.05, 0.1) is 0 Å². The fourth-order valence-electron chi connectivity index (χ4n) is 1.52. The monoisotopic (exact) mass is 228 g/mol. The van der Waals surface area contributed by atoms with Crippen molar-refractivity contribution in [3.8, 4) is 0 Å². The molecule has 5 heteroatoms. The topological polar surface area (TPSA) is 78.4 Å². The largest absolute Gasteiger partial charge is 0.480 e. The Morgan fingerprint density at radius 1 is 1.44 bits per heavy atom. The number of carboxylic acid groups (broad SMARTS) is 1. The van der Waals surface area contributed by atoms with Gasteiger partial charge < -0.3 is 15.7 Å². The van der Waals surface area contributed by atoms with Gasteiger partial charge in [-0.15, -0.1) is 0 Å². The van der Waals surface area contributed by atoms with E-state index in [2.05, 4.69) is 24.5 Å². The lowest BCUT2D eigenvalue weighted by molar-refractivity contribution is -0.142. The summed E-state index contributed by atoms with van der Waals surface area (Å²) in [6.45, 7) is 7.82. The third-order valence-electron chi connectivity index (χ3n) is 3.19. The molecule has 1 aliphatic rings. The molecule has 3 N–H and O–H groups in total. The molecule has 0 radical (unpaired) electrons. The second-order valence-corrected chi connectivity index (χ2v) is 5.65. The number of hydrogen-bond donors (Lipinski definition) is 3. The summed E-state index contributed by atoms with van der Waals surface area (Å²) in [6, 6.07) is -0.421. The van der Waals surface area contributed by atoms with E-state index in [0.717, 1.165) is 6.42 Å². The van der Waals surface area contributed by atoms with Gasteiger partial charge in [0, 0.05) is 6.54 Å². The third-order valence-corrected chi connectivity index (χ3v) is 3.19. The first-order valence-electron chi connectivity index (χ1n) is 5.44. The van der Waals surface area contributed by atoms with E-state index in [-0.39, 0.29) is 0 Å². The molecule has 1 aliphatic carbocycles. The second kappa shape index (κ2) is 3.96. The van der Waals surface area contributed by atoms with Gasteiger partial charge in [0.25, 0.3) is 0 Å². The first kappa shape index (κ1) is 12.8. The normalized spacial score (nSPS) is 22.4. The quantitative estimate of drug-likeness (QED) is 0.676. The van der Waals surface area contributed by atoms with Gasteiger partial charge in [0.1, 0.15) is 5.54 Å². The lowest BCUT2D eigenvalue weighted by atomic mass is 10.1. The molecule has 0 aromatic heterocycles. The molecule has 92 valence electrons. The van der Waals surface area contributed by atoms with Crippen LogP contribution in [0.5, 0.6) is 0 Å². The standard InChI is InChI=1S/C11H20N2O3/c1-10(2)5-7(10)6-12-9(16)13-11(3,4)8(14)15/h7H,5-6H2,1-4H3,(H,14,15)(H2,12,13,16). The summed E-state index contributed by atoms with van der Waals surface area (Å²) in [5.41, 5.74) is -0.918. The second-order valence-electron chi connectivity index (χ2n) is 5.65. The highest BCUT2D eigenvalue weighted by Crippen LogP contribution is 2.50. The van der Waals surface area contributed by atoms with Gasteiger partial charge in [-0.3, -0.25) is 0 Å². The van der Waals surface area contributed by atoms with Crippen molar-refractivity contribution in [2.75, 3.05) is 6.54 Å². The van der Waals surface area contributed by atoms with Crippen LogP contribution in [0.1, 0.15) is 34.1 Å². The first-order valence-corrected chi connectivity index (χ1v) is 5.44. The summed E-state index contributed by atoms with van der Waals surface area (Å²) in [5.74, 6) is -0.541. The molecule has 0 heterocycles. The van der Waals surface area contributed by atoms with Gasteiger partial charge in [-0.2, -0.15) is 0 Å². The lowest BCUT2D eigenvalue weighted by Gasteiger charge is -2.21. The minimum absolute atomic E-state index is 0.315. The molecule has 0 bridgehead atoms. The third kappa shape index (κ3) is 3.12. The van der Waals surface area contributed by atoms with Crippen molar-refractivity contribution in [3.63, 3.8) is 0 Å². The minimum atomic E-state index is -1.23. The Morgan fingerprint density at radius 3 is 2.31 bits per heavy atom. The average molecular weight is 228 g/mol. The van der Waals surface area contributed by atoms with Crippen LogP contribution in [0.4, 0.5) is 4.79 Å². The first-order chi connectivity index (χ1) is 7.15. The Bertz CT molecular complexity index is 310. The zero-order chi connectivity index (χ0) is 12.6. The molecule has 1 unspecified atom stereocenters. The van der Waals surface area contributed by atoms with Crippen LogP contribution in [0.15, 0.2) is 0 Å². The van der Waals surface area contributed by atoms with Crippen LogP contribution >= 0.6 is 0 Å². The zero-order valence-corrected chi connectivity index (χ0v) is 10.3. The number of urea groups is 1. The smallest absolute Gasteiger partial charge is 0.328 e. The summed E-state index contributed by atoms with van der Waals surface area (Å²) >= 11 is 0. The molecule has 5 nitrogen and oxygen atoms in total. The summed E-state index contributed by atoms with van der Waals surface area (Å²) < 4.78 is 0. The molecule has 2 amide bonds. The number of nitrogens with one attached hydrogen (secondary N) is 2. The number of aliphatic carboxylic acids is 1. The Balaban J connectivity index is 2.29. The van der Waals surface area contributed by atoms with Crippen molar-refractivity contribution in [3.05, 3.63) is 0 Å². The van der Waals surface area contributed by atoms with E-state index in [1.807, 2.05) is 0 Å². The van der Waals surface area contributed by atoms with Crippen LogP contribution < -0.4 is 10.6 Å². The van der Waals surface area contributed by atoms with Gasteiger partial charge in [0.2, 0.25) is 0 Å². The molecular weight excluding hydrogens is 208 g/mol. The fourth-order valence-corrected chi connectivity index (χ4v) is 1.52. The van der Waals surface area contributed by atoms with Crippen LogP contribution in [0.2, 0.25) is 0 Å². The molecule has 16 heavy (non-hydrogen) atoms. The highest BCUT2D eigenvalue weighted by molar-refractivity contribution is 5.85. The molecule has 1 atom stereocenters. The van der Waals surface area contributed by atoms with E-state index >= 15 is 0 Å². The van der Waals surface area contributed by atoms with Gasteiger partial charge >= 0.3 is 12.0 Å². The SMILES string of the molecule is CC(C)(NC(=O)NCC1CC1(C)C)C(=O)O. The van der Waals surface area contributed by atoms with E-state index < -0.39 is 17.5 Å². The van der Waals surface area contributed by atoms with Crippen LogP contribution in [0.3, 0.4) is 0 Å². The molecule has 1 rings (SSSR count). The molecule has 0 aliphatic heterocycles. The predicted octanol–water partition coefficient (Wildman–Crippen LogP) is 1.19. The maximum absolute atomic E-state index is 11.4. The predicted molar refractivity (Wildman–Crippen MR) is 60.1 cm³/mol. The van der Waals surface area contributed by atoms with Crippen molar-refractivity contribution in [2.45, 2.75) is 39.7 Å². The van der Waals surface area contributed by atoms with Crippen molar-refractivity contribution in [1.29, 1.82) is 0 Å². The highest BCUT2D eigenvalue weighted by atomic mass is 16.4. The molecule has 0 spiro atoms. The number of amides is 2. The van der Waals surface area contributed by atoms with E-state index in [1.54, 1.807) is 0 Å². The molecule has 0 aromatic carbocycles. The lowest BCUT2D eigenvalue weighted by Crippen LogP contribution is -2.53. The molecule has 0 saturated heterocycles. The number of hydrogen-bond acceptors (Lipinski definition) is 2. The Hall–Kier alpha value is -1.26. The number of carboxylic acids is 1. The Morgan fingerprint density at radius 2 is 1.94 bits per heavy atom. The Labute approximate surface area is 95.6 Å². The molecule has 0 aromatic rings.